The quantitative estimate of drug-likeness (QED) is 0.166. The first-order valence-corrected chi connectivity index (χ1v) is 14.6. The van der Waals surface area contributed by atoms with Crippen LogP contribution in [0.25, 0.3) is 17.2 Å². The number of amides is 1. The first-order valence-electron chi connectivity index (χ1n) is 13.9. The van der Waals surface area contributed by atoms with E-state index in [0.29, 0.717) is 26.9 Å². The van der Waals surface area contributed by atoms with Crippen LogP contribution in [-0.4, -0.2) is 31.7 Å². The van der Waals surface area contributed by atoms with Gasteiger partial charge in [0.15, 0.2) is 22.7 Å². The molecule has 1 amide bonds. The lowest BCUT2D eigenvalue weighted by Crippen LogP contribution is -2.37. The summed E-state index contributed by atoms with van der Waals surface area (Å²) in [4.78, 5) is 43.4. The van der Waals surface area contributed by atoms with Gasteiger partial charge in [-0.15, -0.1) is 0 Å². The van der Waals surface area contributed by atoms with Crippen molar-refractivity contribution in [1.29, 1.82) is 5.26 Å². The second-order valence-corrected chi connectivity index (χ2v) is 11.4. The van der Waals surface area contributed by atoms with Gasteiger partial charge in [0.2, 0.25) is 0 Å². The number of carbonyl (C=O) groups excluding carboxylic acids is 1. The van der Waals surface area contributed by atoms with Crippen LogP contribution in [0.4, 0.5) is 5.69 Å². The average molecular weight is 660 g/mol. The largest absolute Gasteiger partial charge is 0.493 e. The topological polar surface area (TPSA) is 133 Å². The standard InChI is InChI=1S/C33H28Cl2N6O5/c1-18-6-10-25(19(2)12-18)37-30(42)22(16-36)13-20-7-11-26(27(14-20)45-5)46-32-38-29-28(31(43)40(4)33(44)39(29)3)41(32)17-21-8-9-23(34)15-24(21)35/h6-15H,17H2,1-5H3,(H,37,42). The van der Waals surface area contributed by atoms with Gasteiger partial charge in [0, 0.05) is 29.8 Å². The number of imidazole rings is 1. The van der Waals surface area contributed by atoms with Gasteiger partial charge >= 0.3 is 11.7 Å². The lowest BCUT2D eigenvalue weighted by Gasteiger charge is -2.14. The van der Waals surface area contributed by atoms with Gasteiger partial charge in [-0.1, -0.05) is 53.0 Å². The number of carbonyl (C=O) groups is 1. The molecule has 13 heteroatoms. The van der Waals surface area contributed by atoms with E-state index in [1.807, 2.05) is 32.0 Å². The van der Waals surface area contributed by atoms with Crippen molar-refractivity contribution >= 4 is 52.0 Å². The van der Waals surface area contributed by atoms with Crippen molar-refractivity contribution in [2.75, 3.05) is 12.4 Å². The SMILES string of the molecule is COc1cc(C=C(C#N)C(=O)Nc2ccc(C)cc2C)ccc1Oc1nc2c(c(=O)n(C)c(=O)n2C)n1Cc1ccc(Cl)cc1Cl. The van der Waals surface area contributed by atoms with Crippen molar-refractivity contribution in [3.05, 3.63) is 113 Å². The molecule has 0 saturated carbocycles. The third-order valence-corrected chi connectivity index (χ3v) is 7.94. The van der Waals surface area contributed by atoms with Crippen LogP contribution in [0.5, 0.6) is 17.5 Å². The Hall–Kier alpha value is -5.31. The maximum Gasteiger partial charge on any atom is 0.332 e. The fourth-order valence-corrected chi connectivity index (χ4v) is 5.36. The van der Waals surface area contributed by atoms with Crippen molar-refractivity contribution in [2.24, 2.45) is 14.1 Å². The van der Waals surface area contributed by atoms with Crippen LogP contribution < -0.4 is 26.0 Å². The molecule has 0 bridgehead atoms. The highest BCUT2D eigenvalue weighted by atomic mass is 35.5. The van der Waals surface area contributed by atoms with Crippen molar-refractivity contribution < 1.29 is 14.3 Å². The number of nitrogens with one attached hydrogen (secondary N) is 1. The molecule has 0 unspecified atom stereocenters. The molecule has 0 aliphatic rings. The number of nitriles is 1. The van der Waals surface area contributed by atoms with Crippen molar-refractivity contribution in [3.8, 4) is 23.6 Å². The number of methoxy groups -OCH3 is 1. The Bertz CT molecular complexity index is 2230. The van der Waals surface area contributed by atoms with Crippen LogP contribution in [0.2, 0.25) is 10.0 Å². The summed E-state index contributed by atoms with van der Waals surface area (Å²) in [5, 5.41) is 13.3. The minimum absolute atomic E-state index is 0.00790. The third-order valence-electron chi connectivity index (χ3n) is 7.35. The maximum atomic E-state index is 13.3. The highest BCUT2D eigenvalue weighted by Gasteiger charge is 2.23. The summed E-state index contributed by atoms with van der Waals surface area (Å²) in [7, 11) is 4.32. The van der Waals surface area contributed by atoms with E-state index in [0.717, 1.165) is 15.7 Å². The molecule has 46 heavy (non-hydrogen) atoms. The summed E-state index contributed by atoms with van der Waals surface area (Å²) < 4.78 is 15.5. The number of hydrogen-bond donors (Lipinski definition) is 1. The Morgan fingerprint density at radius 1 is 1.02 bits per heavy atom. The molecule has 0 aliphatic carbocycles. The van der Waals surface area contributed by atoms with Crippen LogP contribution in [0, 0.1) is 25.2 Å². The van der Waals surface area contributed by atoms with E-state index in [9.17, 15) is 19.6 Å². The second kappa shape index (κ2) is 13.0. The summed E-state index contributed by atoms with van der Waals surface area (Å²) in [5.74, 6) is -0.0836. The number of anilines is 1. The molecule has 0 spiro atoms. The molecule has 0 aliphatic heterocycles. The Kier molecular flexibility index (Phi) is 9.05. The number of nitrogens with zero attached hydrogens (tertiary/aromatic N) is 5. The predicted molar refractivity (Wildman–Crippen MR) is 177 cm³/mol. The van der Waals surface area contributed by atoms with Gasteiger partial charge in [0.1, 0.15) is 11.6 Å². The first-order chi connectivity index (χ1) is 21.9. The summed E-state index contributed by atoms with van der Waals surface area (Å²) in [6.45, 7) is 3.89. The minimum atomic E-state index is -0.568. The molecule has 0 saturated heterocycles. The molecule has 5 aromatic rings. The van der Waals surface area contributed by atoms with Gasteiger partial charge in [-0.3, -0.25) is 23.3 Å². The summed E-state index contributed by atoms with van der Waals surface area (Å²) >= 11 is 12.6. The summed E-state index contributed by atoms with van der Waals surface area (Å²) in [5.41, 5.74) is 2.65. The lowest BCUT2D eigenvalue weighted by atomic mass is 10.1. The van der Waals surface area contributed by atoms with Gasteiger partial charge in [-0.2, -0.15) is 10.2 Å². The van der Waals surface area contributed by atoms with Crippen LogP contribution in [0.3, 0.4) is 0 Å². The van der Waals surface area contributed by atoms with E-state index in [2.05, 4.69) is 10.3 Å². The molecule has 0 radical (unpaired) electrons. The normalized spacial score (nSPS) is 11.4. The van der Waals surface area contributed by atoms with Crippen LogP contribution >= 0.6 is 23.2 Å². The lowest BCUT2D eigenvalue weighted by molar-refractivity contribution is -0.112. The zero-order chi connectivity index (χ0) is 33.3. The van der Waals surface area contributed by atoms with Gasteiger partial charge < -0.3 is 14.8 Å². The Balaban J connectivity index is 1.53. The second-order valence-electron chi connectivity index (χ2n) is 10.5. The molecule has 0 atom stereocenters. The highest BCUT2D eigenvalue weighted by molar-refractivity contribution is 6.35. The van der Waals surface area contributed by atoms with Crippen molar-refractivity contribution in [1.82, 2.24) is 18.7 Å². The molecule has 2 aromatic heterocycles. The monoisotopic (exact) mass is 658 g/mol. The number of rotatable bonds is 8. The van der Waals surface area contributed by atoms with E-state index < -0.39 is 17.2 Å². The average Bonchev–Trinajstić information content (AvgIpc) is 3.38. The molecule has 234 valence electrons. The van der Waals surface area contributed by atoms with E-state index in [4.69, 9.17) is 32.7 Å². The minimum Gasteiger partial charge on any atom is -0.493 e. The number of aryl methyl sites for hydroxylation is 3. The third kappa shape index (κ3) is 6.26. The highest BCUT2D eigenvalue weighted by Crippen LogP contribution is 2.34. The van der Waals surface area contributed by atoms with E-state index >= 15 is 0 Å². The van der Waals surface area contributed by atoms with Gasteiger partial charge in [-0.25, -0.2) is 4.79 Å². The molecule has 0 fully saturated rings. The van der Waals surface area contributed by atoms with E-state index in [1.165, 1.54) is 36.4 Å². The molecule has 11 nitrogen and oxygen atoms in total. The van der Waals surface area contributed by atoms with Gasteiger partial charge in [-0.05, 0) is 66.9 Å². The predicted octanol–water partition coefficient (Wildman–Crippen LogP) is 5.75. The molecule has 1 N–H and O–H groups in total. The van der Waals surface area contributed by atoms with Crippen molar-refractivity contribution in [3.63, 3.8) is 0 Å². The first kappa shape index (κ1) is 32.1. The van der Waals surface area contributed by atoms with E-state index in [-0.39, 0.29) is 40.8 Å². The molecule has 3 aromatic carbocycles. The van der Waals surface area contributed by atoms with Gasteiger partial charge in [0.25, 0.3) is 11.5 Å². The molecular formula is C33H28Cl2N6O5. The van der Waals surface area contributed by atoms with E-state index in [1.54, 1.807) is 42.5 Å². The fraction of sp³-hybridized carbons (Fsp3) is 0.182. The fourth-order valence-electron chi connectivity index (χ4n) is 4.89. The Morgan fingerprint density at radius 3 is 2.46 bits per heavy atom. The zero-order valence-electron chi connectivity index (χ0n) is 25.5. The Labute approximate surface area is 273 Å². The van der Waals surface area contributed by atoms with Crippen LogP contribution in [0.15, 0.2) is 69.8 Å². The number of hydrogen-bond acceptors (Lipinski definition) is 7. The maximum absolute atomic E-state index is 13.3. The zero-order valence-corrected chi connectivity index (χ0v) is 27.0. The molecular weight excluding hydrogens is 631 g/mol. The number of fused-ring (bicyclic) bond motifs is 1. The molecule has 2 heterocycles. The van der Waals surface area contributed by atoms with Crippen LogP contribution in [0.1, 0.15) is 22.3 Å². The Morgan fingerprint density at radius 2 is 1.78 bits per heavy atom. The summed E-state index contributed by atoms with van der Waals surface area (Å²) in [6.07, 6.45) is 1.43. The number of halogens is 2. The number of ether oxygens (including phenoxy) is 2. The van der Waals surface area contributed by atoms with Gasteiger partial charge in [0.05, 0.1) is 13.7 Å². The van der Waals surface area contributed by atoms with Crippen molar-refractivity contribution in [2.45, 2.75) is 20.4 Å². The number of benzene rings is 3. The smallest absolute Gasteiger partial charge is 0.332 e. The molecule has 5 rings (SSSR count). The number of aromatic nitrogens is 4. The van der Waals surface area contributed by atoms with Crippen LogP contribution in [-0.2, 0) is 25.4 Å². The summed E-state index contributed by atoms with van der Waals surface area (Å²) in [6, 6.07) is 17.3.